The van der Waals surface area contributed by atoms with E-state index in [2.05, 4.69) is 4.72 Å². The Balaban J connectivity index is 2.62. The first-order chi connectivity index (χ1) is 10.1. The number of benzene rings is 1. The topological polar surface area (TPSA) is 116 Å². The molecule has 22 heavy (non-hydrogen) atoms. The molecule has 0 bridgehead atoms. The number of hydrogen-bond acceptors (Lipinski definition) is 5. The Morgan fingerprint density at radius 1 is 1.32 bits per heavy atom. The highest BCUT2D eigenvalue weighted by Crippen LogP contribution is 2.16. The van der Waals surface area contributed by atoms with Gasteiger partial charge in [0.25, 0.3) is 5.91 Å². The van der Waals surface area contributed by atoms with Crippen LogP contribution in [0.3, 0.4) is 0 Å². The number of primary amides is 1. The number of aryl methyl sites for hydroxylation is 2. The Bertz CT molecular complexity index is 670. The summed E-state index contributed by atoms with van der Waals surface area (Å²) in [4.78, 5) is 22.4. The van der Waals surface area contributed by atoms with Gasteiger partial charge in [-0.15, -0.1) is 0 Å². The van der Waals surface area contributed by atoms with Crippen LogP contribution in [0.5, 0.6) is 0 Å². The molecule has 0 fully saturated rings. The maximum absolute atomic E-state index is 12.2. The van der Waals surface area contributed by atoms with Crippen molar-refractivity contribution in [3.05, 3.63) is 29.3 Å². The number of carbonyl (C=O) groups is 2. The van der Waals surface area contributed by atoms with Crippen molar-refractivity contribution < 1.29 is 22.7 Å². The van der Waals surface area contributed by atoms with Gasteiger partial charge < -0.3 is 10.5 Å². The van der Waals surface area contributed by atoms with Crippen molar-refractivity contribution in [1.29, 1.82) is 0 Å². The summed E-state index contributed by atoms with van der Waals surface area (Å²) in [6.45, 7) is 4.71. The molecule has 0 aliphatic rings. The highest BCUT2D eigenvalue weighted by atomic mass is 32.2. The zero-order valence-corrected chi connectivity index (χ0v) is 13.6. The Morgan fingerprint density at radius 3 is 2.55 bits per heavy atom. The van der Waals surface area contributed by atoms with E-state index < -0.39 is 28.0 Å². The zero-order valence-electron chi connectivity index (χ0n) is 12.8. The Morgan fingerprint density at radius 2 is 1.95 bits per heavy atom. The van der Waals surface area contributed by atoms with E-state index in [1.807, 2.05) is 6.07 Å². The summed E-state index contributed by atoms with van der Waals surface area (Å²) in [5, 5.41) is 0. The van der Waals surface area contributed by atoms with E-state index in [0.29, 0.717) is 5.56 Å². The fraction of sp³-hybridized carbons (Fsp3) is 0.429. The van der Waals surface area contributed by atoms with Crippen molar-refractivity contribution in [3.8, 4) is 0 Å². The Labute approximate surface area is 129 Å². The van der Waals surface area contributed by atoms with E-state index in [1.54, 1.807) is 26.0 Å². The summed E-state index contributed by atoms with van der Waals surface area (Å²) in [5.74, 6) is -1.46. The number of hydrogen-bond donors (Lipinski definition) is 2. The molecule has 122 valence electrons. The maximum atomic E-state index is 12.2. The second-order valence-electron chi connectivity index (χ2n) is 4.95. The van der Waals surface area contributed by atoms with E-state index >= 15 is 0 Å². The third kappa shape index (κ3) is 5.12. The van der Waals surface area contributed by atoms with Gasteiger partial charge >= 0.3 is 5.97 Å². The van der Waals surface area contributed by atoms with Crippen molar-refractivity contribution in [2.24, 2.45) is 5.73 Å². The third-order valence-electron chi connectivity index (χ3n) is 2.96. The van der Waals surface area contributed by atoms with Crippen LogP contribution < -0.4 is 10.5 Å². The molecule has 8 heteroatoms. The molecule has 0 spiro atoms. The fourth-order valence-corrected chi connectivity index (χ4v) is 3.04. The SMILES string of the molecule is Cc1ccc(C)c(S(=O)(=O)NCCC(=O)OC(C)C(N)=O)c1. The van der Waals surface area contributed by atoms with Crippen LogP contribution in [-0.4, -0.2) is 32.9 Å². The molecule has 0 radical (unpaired) electrons. The number of amides is 1. The van der Waals surface area contributed by atoms with E-state index in [1.165, 1.54) is 6.92 Å². The summed E-state index contributed by atoms with van der Waals surface area (Å²) in [6, 6.07) is 5.09. The van der Waals surface area contributed by atoms with Crippen LogP contribution in [0.4, 0.5) is 0 Å². The van der Waals surface area contributed by atoms with Crippen LogP contribution in [0.25, 0.3) is 0 Å². The minimum Gasteiger partial charge on any atom is -0.453 e. The first-order valence-electron chi connectivity index (χ1n) is 6.69. The molecular formula is C14H20N2O5S. The molecule has 0 heterocycles. The highest BCUT2D eigenvalue weighted by molar-refractivity contribution is 7.89. The van der Waals surface area contributed by atoms with Crippen LogP contribution in [0.1, 0.15) is 24.5 Å². The third-order valence-corrected chi connectivity index (χ3v) is 4.57. The quantitative estimate of drug-likeness (QED) is 0.702. The van der Waals surface area contributed by atoms with Crippen molar-refractivity contribution in [2.45, 2.75) is 38.2 Å². The largest absolute Gasteiger partial charge is 0.453 e. The van der Waals surface area contributed by atoms with E-state index in [0.717, 1.165) is 5.56 Å². The summed E-state index contributed by atoms with van der Waals surface area (Å²) in [7, 11) is -3.70. The molecule has 1 aromatic carbocycles. The van der Waals surface area contributed by atoms with Crippen molar-refractivity contribution in [2.75, 3.05) is 6.54 Å². The van der Waals surface area contributed by atoms with Crippen molar-refractivity contribution in [3.63, 3.8) is 0 Å². The van der Waals surface area contributed by atoms with Crippen LogP contribution in [-0.2, 0) is 24.3 Å². The average Bonchev–Trinajstić information content (AvgIpc) is 2.40. The van der Waals surface area contributed by atoms with Crippen molar-refractivity contribution >= 4 is 21.9 Å². The lowest BCUT2D eigenvalue weighted by Crippen LogP contribution is -2.32. The number of nitrogens with one attached hydrogen (secondary N) is 1. The first kappa shape index (κ1) is 18.1. The molecule has 7 nitrogen and oxygen atoms in total. The van der Waals surface area contributed by atoms with Crippen LogP contribution in [0.2, 0.25) is 0 Å². The molecule has 0 saturated heterocycles. The molecule has 0 aliphatic carbocycles. The van der Waals surface area contributed by atoms with Gasteiger partial charge in [-0.2, -0.15) is 0 Å². The lowest BCUT2D eigenvalue weighted by atomic mass is 10.2. The molecule has 1 unspecified atom stereocenters. The molecule has 1 atom stereocenters. The summed E-state index contributed by atoms with van der Waals surface area (Å²) in [6.07, 6.45) is -1.23. The van der Waals surface area contributed by atoms with Crippen LogP contribution >= 0.6 is 0 Å². The van der Waals surface area contributed by atoms with E-state index in [9.17, 15) is 18.0 Å². The predicted octanol–water partition coefficient (Wildman–Crippen LogP) is 0.389. The smallest absolute Gasteiger partial charge is 0.307 e. The standard InChI is InChI=1S/C14H20N2O5S/c1-9-4-5-10(2)12(8-9)22(19,20)16-7-6-13(17)21-11(3)14(15)18/h4-5,8,11,16H,6-7H2,1-3H3,(H2,15,18). The normalized spacial score (nSPS) is 12.7. The number of rotatable bonds is 7. The Kier molecular flexibility index (Phi) is 6.07. The minimum atomic E-state index is -3.70. The lowest BCUT2D eigenvalue weighted by Gasteiger charge is -2.11. The minimum absolute atomic E-state index is 0.125. The zero-order chi connectivity index (χ0) is 16.9. The van der Waals surface area contributed by atoms with Gasteiger partial charge in [-0.25, -0.2) is 13.1 Å². The second-order valence-corrected chi connectivity index (χ2v) is 6.69. The Hall–Kier alpha value is -1.93. The van der Waals surface area contributed by atoms with Gasteiger partial charge in [0.05, 0.1) is 11.3 Å². The highest BCUT2D eigenvalue weighted by Gasteiger charge is 2.18. The maximum Gasteiger partial charge on any atom is 0.307 e. The van der Waals surface area contributed by atoms with Gasteiger partial charge in [-0.3, -0.25) is 9.59 Å². The van der Waals surface area contributed by atoms with Crippen molar-refractivity contribution in [1.82, 2.24) is 4.72 Å². The van der Waals surface area contributed by atoms with Gasteiger partial charge in [0.2, 0.25) is 10.0 Å². The average molecular weight is 328 g/mol. The van der Waals surface area contributed by atoms with Crippen LogP contribution in [0.15, 0.2) is 23.1 Å². The molecule has 1 rings (SSSR count). The molecule has 0 aliphatic heterocycles. The number of nitrogens with two attached hydrogens (primary N) is 1. The molecular weight excluding hydrogens is 308 g/mol. The second kappa shape index (κ2) is 7.37. The summed E-state index contributed by atoms with van der Waals surface area (Å²) >= 11 is 0. The molecule has 1 amide bonds. The molecule has 0 saturated carbocycles. The van der Waals surface area contributed by atoms with E-state index in [-0.39, 0.29) is 17.9 Å². The van der Waals surface area contributed by atoms with Crippen LogP contribution in [0, 0.1) is 13.8 Å². The summed E-state index contributed by atoms with van der Waals surface area (Å²) < 4.78 is 31.4. The monoisotopic (exact) mass is 328 g/mol. The summed E-state index contributed by atoms with van der Waals surface area (Å²) in [5.41, 5.74) is 6.40. The van der Waals surface area contributed by atoms with Gasteiger partial charge in [0, 0.05) is 6.54 Å². The predicted molar refractivity (Wildman–Crippen MR) is 80.5 cm³/mol. The van der Waals surface area contributed by atoms with E-state index in [4.69, 9.17) is 10.5 Å². The number of esters is 1. The molecule has 3 N–H and O–H groups in total. The fourth-order valence-electron chi connectivity index (χ4n) is 1.68. The van der Waals surface area contributed by atoms with Gasteiger partial charge in [0.15, 0.2) is 6.10 Å². The van der Waals surface area contributed by atoms with Gasteiger partial charge in [0.1, 0.15) is 0 Å². The molecule has 0 aromatic heterocycles. The lowest BCUT2D eigenvalue weighted by molar-refractivity contribution is -0.153. The number of ether oxygens (including phenoxy) is 1. The first-order valence-corrected chi connectivity index (χ1v) is 8.17. The molecule has 1 aromatic rings. The van der Waals surface area contributed by atoms with Gasteiger partial charge in [-0.05, 0) is 38.0 Å². The number of sulfonamides is 1. The van der Waals surface area contributed by atoms with Gasteiger partial charge in [-0.1, -0.05) is 12.1 Å². The number of carbonyl (C=O) groups excluding carboxylic acids is 2.